The zero-order valence-electron chi connectivity index (χ0n) is 18.4. The molecule has 34 heavy (non-hydrogen) atoms. The Morgan fingerprint density at radius 2 is 1.65 bits per heavy atom. The van der Waals surface area contributed by atoms with Crippen LogP contribution < -0.4 is 10.6 Å². The Kier molecular flexibility index (Phi) is 7.91. The fraction of sp³-hybridized carbons (Fsp3) is 0.292. The summed E-state index contributed by atoms with van der Waals surface area (Å²) in [6.45, 7) is -0.239. The number of carbonyl (C=O) groups is 3. The molecule has 9 nitrogen and oxygen atoms in total. The minimum absolute atomic E-state index is 0.0321. The molecule has 0 aromatic heterocycles. The van der Waals surface area contributed by atoms with E-state index in [2.05, 4.69) is 16.6 Å². The molecule has 1 unspecified atom stereocenters. The number of benzene rings is 2. The molecule has 1 aliphatic rings. The van der Waals surface area contributed by atoms with Gasteiger partial charge in [-0.1, -0.05) is 54.5 Å². The van der Waals surface area contributed by atoms with Gasteiger partial charge < -0.3 is 20.5 Å². The minimum atomic E-state index is -3.39. The van der Waals surface area contributed by atoms with Crippen molar-refractivity contribution in [2.24, 2.45) is 0 Å². The number of hydrogen-bond acceptors (Lipinski definition) is 6. The first-order chi connectivity index (χ1) is 16.2. The van der Waals surface area contributed by atoms with E-state index in [0.717, 1.165) is 28.5 Å². The van der Waals surface area contributed by atoms with Crippen molar-refractivity contribution in [2.45, 2.75) is 18.4 Å². The number of carboxylic acids is 1. The molecule has 1 atom stereocenters. The Balaban J connectivity index is 1.65. The molecule has 3 N–H and O–H groups in total. The molecule has 0 bridgehead atoms. The number of amides is 2. The molecule has 0 radical (unpaired) electrons. The van der Waals surface area contributed by atoms with Gasteiger partial charge in [0.25, 0.3) is 0 Å². The van der Waals surface area contributed by atoms with E-state index in [1.807, 2.05) is 54.5 Å². The third kappa shape index (κ3) is 6.59. The molecule has 2 aromatic carbocycles. The summed E-state index contributed by atoms with van der Waals surface area (Å²) in [4.78, 5) is 35.4. The van der Waals surface area contributed by atoms with Crippen LogP contribution in [0.2, 0.25) is 0 Å². The highest BCUT2D eigenvalue weighted by Crippen LogP contribution is 2.44. The van der Waals surface area contributed by atoms with Gasteiger partial charge in [0.1, 0.15) is 22.5 Å². The molecule has 0 saturated carbocycles. The van der Waals surface area contributed by atoms with Crippen LogP contribution in [0.4, 0.5) is 4.79 Å². The van der Waals surface area contributed by atoms with E-state index < -0.39 is 33.8 Å². The third-order valence-corrected chi connectivity index (χ3v) is 6.25. The number of carboxylic acid groups (broad SMARTS) is 1. The van der Waals surface area contributed by atoms with Gasteiger partial charge in [-0.3, -0.25) is 4.79 Å². The van der Waals surface area contributed by atoms with E-state index >= 15 is 0 Å². The van der Waals surface area contributed by atoms with Crippen molar-refractivity contribution in [3.05, 3.63) is 59.7 Å². The first-order valence-corrected chi connectivity index (χ1v) is 12.5. The fourth-order valence-electron chi connectivity index (χ4n) is 3.76. The van der Waals surface area contributed by atoms with Crippen LogP contribution in [0.1, 0.15) is 23.5 Å². The number of nitrogens with one attached hydrogen (secondary N) is 2. The quantitative estimate of drug-likeness (QED) is 0.483. The Morgan fingerprint density at radius 1 is 1.06 bits per heavy atom. The number of rotatable bonds is 8. The lowest BCUT2D eigenvalue weighted by Crippen LogP contribution is -2.48. The number of ether oxygens (including phenoxy) is 1. The topological polar surface area (TPSA) is 139 Å². The smallest absolute Gasteiger partial charge is 0.407 e. The standard InChI is InChI=1S/C24H24N2O7S/c1-34(31,32)14-12-21(23(29)25-13-6-11-22(27)28)26-24(30)33-15-20-18-9-4-2-7-16(18)17-8-3-5-10-19(17)20/h2-5,7-10,20-21H,12-15H2,1H3,(H,25,29)(H,26,30)(H,27,28). The molecule has 2 aromatic rings. The maximum atomic E-state index is 12.5. The van der Waals surface area contributed by atoms with Crippen molar-refractivity contribution in [3.8, 4) is 23.0 Å². The first-order valence-electron chi connectivity index (χ1n) is 10.4. The van der Waals surface area contributed by atoms with Gasteiger partial charge in [0, 0.05) is 18.1 Å². The maximum absolute atomic E-state index is 12.5. The van der Waals surface area contributed by atoms with Crippen LogP contribution in [0, 0.1) is 11.8 Å². The van der Waals surface area contributed by atoms with Gasteiger partial charge >= 0.3 is 12.1 Å². The Hall–Kier alpha value is -3.84. The van der Waals surface area contributed by atoms with Gasteiger partial charge in [0.2, 0.25) is 5.91 Å². The van der Waals surface area contributed by atoms with Gasteiger partial charge in [-0.2, -0.15) is 0 Å². The molecule has 0 fully saturated rings. The Labute approximate surface area is 197 Å². The van der Waals surface area contributed by atoms with E-state index in [9.17, 15) is 22.8 Å². The lowest BCUT2D eigenvalue weighted by molar-refractivity contribution is -0.130. The van der Waals surface area contributed by atoms with E-state index in [0.29, 0.717) is 0 Å². The molecule has 0 heterocycles. The molecule has 2 amide bonds. The van der Waals surface area contributed by atoms with Gasteiger partial charge in [-0.25, -0.2) is 18.0 Å². The van der Waals surface area contributed by atoms with E-state index in [1.165, 1.54) is 0 Å². The summed E-state index contributed by atoms with van der Waals surface area (Å²) in [7, 11) is -3.39. The van der Waals surface area contributed by atoms with Gasteiger partial charge in [-0.15, -0.1) is 0 Å². The number of fused-ring (bicyclic) bond motifs is 3. The largest absolute Gasteiger partial charge is 0.472 e. The molecule has 3 rings (SSSR count). The zero-order valence-corrected chi connectivity index (χ0v) is 19.2. The first kappa shape index (κ1) is 24.8. The lowest BCUT2D eigenvalue weighted by Gasteiger charge is -2.19. The third-order valence-electron chi connectivity index (χ3n) is 5.28. The van der Waals surface area contributed by atoms with Crippen LogP contribution in [0.15, 0.2) is 48.5 Å². The zero-order chi connectivity index (χ0) is 24.7. The van der Waals surface area contributed by atoms with E-state index in [1.54, 1.807) is 0 Å². The van der Waals surface area contributed by atoms with Crippen LogP contribution in [-0.2, 0) is 24.2 Å². The number of hydrogen-bond donors (Lipinski definition) is 3. The highest BCUT2D eigenvalue weighted by Gasteiger charge is 2.30. The predicted octanol–water partition coefficient (Wildman–Crippen LogP) is 1.53. The van der Waals surface area contributed by atoms with Gasteiger partial charge in [0.15, 0.2) is 0 Å². The SMILES string of the molecule is CS(=O)(=O)CCC(NC(=O)OCC1c2ccccc2-c2ccccc21)C(=O)NCC#CC(=O)O. The average molecular weight is 485 g/mol. The molecule has 178 valence electrons. The number of sulfone groups is 1. The van der Waals surface area contributed by atoms with Crippen molar-refractivity contribution in [2.75, 3.05) is 25.2 Å². The Bertz CT molecular complexity index is 1220. The fourth-order valence-corrected chi connectivity index (χ4v) is 4.42. The second-order valence-corrected chi connectivity index (χ2v) is 10.0. The summed E-state index contributed by atoms with van der Waals surface area (Å²) in [5.41, 5.74) is 4.19. The molecule has 0 saturated heterocycles. The van der Waals surface area contributed by atoms with Crippen molar-refractivity contribution in [1.29, 1.82) is 0 Å². The van der Waals surface area contributed by atoms with Crippen molar-refractivity contribution in [1.82, 2.24) is 10.6 Å². The number of alkyl carbamates (subject to hydrolysis) is 1. The summed E-state index contributed by atoms with van der Waals surface area (Å²) in [6.07, 6.45) is -0.0263. The minimum Gasteiger partial charge on any atom is -0.472 e. The van der Waals surface area contributed by atoms with Gasteiger partial charge in [0.05, 0.1) is 12.3 Å². The van der Waals surface area contributed by atoms with Crippen LogP contribution in [0.5, 0.6) is 0 Å². The molecular weight excluding hydrogens is 460 g/mol. The van der Waals surface area contributed by atoms with Crippen LogP contribution in [-0.4, -0.2) is 62.7 Å². The van der Waals surface area contributed by atoms with Crippen molar-refractivity contribution in [3.63, 3.8) is 0 Å². The molecule has 10 heteroatoms. The maximum Gasteiger partial charge on any atom is 0.407 e. The monoisotopic (exact) mass is 484 g/mol. The molecule has 0 spiro atoms. The van der Waals surface area contributed by atoms with Crippen molar-refractivity contribution >= 4 is 27.8 Å². The van der Waals surface area contributed by atoms with Crippen LogP contribution in [0.25, 0.3) is 11.1 Å². The second kappa shape index (κ2) is 10.9. The lowest BCUT2D eigenvalue weighted by atomic mass is 9.98. The molecular formula is C24H24N2O7S. The van der Waals surface area contributed by atoms with Crippen LogP contribution in [0.3, 0.4) is 0 Å². The van der Waals surface area contributed by atoms with Crippen molar-refractivity contribution < 1.29 is 32.6 Å². The summed E-state index contributed by atoms with van der Waals surface area (Å²) in [5, 5.41) is 13.3. The number of carbonyl (C=O) groups excluding carboxylic acids is 2. The average Bonchev–Trinajstić information content (AvgIpc) is 3.11. The molecule has 0 aliphatic heterocycles. The highest BCUT2D eigenvalue weighted by molar-refractivity contribution is 7.90. The van der Waals surface area contributed by atoms with E-state index in [4.69, 9.17) is 9.84 Å². The highest BCUT2D eigenvalue weighted by atomic mass is 32.2. The van der Waals surface area contributed by atoms with Gasteiger partial charge in [-0.05, 0) is 28.7 Å². The molecule has 1 aliphatic carbocycles. The normalized spacial score (nSPS) is 13.0. The summed E-state index contributed by atoms with van der Waals surface area (Å²) in [6, 6.07) is 14.5. The second-order valence-electron chi connectivity index (χ2n) is 7.77. The Morgan fingerprint density at radius 3 is 2.21 bits per heavy atom. The predicted molar refractivity (Wildman–Crippen MR) is 125 cm³/mol. The summed E-state index contributed by atoms with van der Waals surface area (Å²) >= 11 is 0. The van der Waals surface area contributed by atoms with Crippen LogP contribution >= 0.6 is 0 Å². The number of aliphatic carboxylic acids is 1. The van der Waals surface area contributed by atoms with E-state index in [-0.39, 0.29) is 31.2 Å². The summed E-state index contributed by atoms with van der Waals surface area (Å²) < 4.78 is 28.5. The summed E-state index contributed by atoms with van der Waals surface area (Å²) in [5.74, 6) is 1.53.